The largest absolute Gasteiger partial charge is 0.492 e. The highest BCUT2D eigenvalue weighted by atomic mass is 16.5. The fourth-order valence-electron chi connectivity index (χ4n) is 2.99. The molecule has 1 atom stereocenters. The number of rotatable bonds is 8. The van der Waals surface area contributed by atoms with E-state index in [0.29, 0.717) is 41.9 Å². The number of aliphatic hydroxyl groups is 1. The van der Waals surface area contributed by atoms with Gasteiger partial charge in [-0.25, -0.2) is 0 Å². The van der Waals surface area contributed by atoms with Crippen LogP contribution in [0.4, 0.5) is 0 Å². The first-order valence-electron chi connectivity index (χ1n) is 8.62. The van der Waals surface area contributed by atoms with Gasteiger partial charge in [0, 0.05) is 0 Å². The van der Waals surface area contributed by atoms with Crippen LogP contribution in [0.5, 0.6) is 11.5 Å². The van der Waals surface area contributed by atoms with E-state index in [-0.39, 0.29) is 6.10 Å². The van der Waals surface area contributed by atoms with Crippen LogP contribution in [0.1, 0.15) is 63.7 Å². The highest BCUT2D eigenvalue weighted by Gasteiger charge is 2.26. The van der Waals surface area contributed by atoms with Crippen molar-refractivity contribution in [3.63, 3.8) is 0 Å². The molecule has 131 valence electrons. The van der Waals surface area contributed by atoms with E-state index in [4.69, 9.17) is 14.2 Å². The Bertz CT molecular complexity index is 548. The topological polar surface area (TPSA) is 71.7 Å². The number of nitrogens with zero attached hydrogens (tertiary/aromatic N) is 1. The summed E-state index contributed by atoms with van der Waals surface area (Å²) in [4.78, 5) is 0. The van der Waals surface area contributed by atoms with Gasteiger partial charge in [0.05, 0.1) is 19.3 Å². The molecule has 0 heterocycles. The minimum atomic E-state index is -0.878. The predicted molar refractivity (Wildman–Crippen MR) is 90.7 cm³/mol. The van der Waals surface area contributed by atoms with Crippen LogP contribution in [-0.4, -0.2) is 24.4 Å². The summed E-state index contributed by atoms with van der Waals surface area (Å²) in [5.41, 5.74) is 0.959. The van der Waals surface area contributed by atoms with E-state index in [1.165, 1.54) is 12.8 Å². The number of nitriles is 1. The number of benzene rings is 1. The molecule has 2 rings (SSSR count). The molecule has 1 aliphatic carbocycles. The van der Waals surface area contributed by atoms with Gasteiger partial charge in [-0.3, -0.25) is 0 Å². The van der Waals surface area contributed by atoms with Gasteiger partial charge in [0.15, 0.2) is 0 Å². The van der Waals surface area contributed by atoms with Gasteiger partial charge in [-0.2, -0.15) is 5.26 Å². The first kappa shape index (κ1) is 18.6. The Morgan fingerprint density at radius 2 is 1.75 bits per heavy atom. The summed E-state index contributed by atoms with van der Waals surface area (Å²) in [6.07, 6.45) is 4.29. The van der Waals surface area contributed by atoms with Crippen molar-refractivity contribution in [2.75, 3.05) is 13.2 Å². The summed E-state index contributed by atoms with van der Waals surface area (Å²) in [5, 5.41) is 20.0. The summed E-state index contributed by atoms with van der Waals surface area (Å²) in [7, 11) is 0. The van der Waals surface area contributed by atoms with E-state index in [0.717, 1.165) is 12.8 Å². The third-order valence-electron chi connectivity index (χ3n) is 4.16. The van der Waals surface area contributed by atoms with Crippen molar-refractivity contribution in [1.29, 1.82) is 5.26 Å². The Hall–Kier alpha value is -1.77. The van der Waals surface area contributed by atoms with Crippen LogP contribution in [-0.2, 0) is 4.74 Å². The highest BCUT2D eigenvalue weighted by molar-refractivity contribution is 5.55. The van der Waals surface area contributed by atoms with Gasteiger partial charge in [-0.15, -0.1) is 0 Å². The molecule has 1 aromatic carbocycles. The molecule has 1 radical (unpaired) electrons. The van der Waals surface area contributed by atoms with Gasteiger partial charge in [0.2, 0.25) is 0 Å². The first-order valence-corrected chi connectivity index (χ1v) is 8.62. The molecule has 0 unspecified atom stereocenters. The van der Waals surface area contributed by atoms with Gasteiger partial charge in [-0.1, -0.05) is 12.8 Å². The maximum Gasteiger partial charge on any atom is 0.141 e. The van der Waals surface area contributed by atoms with E-state index < -0.39 is 6.10 Å². The minimum absolute atomic E-state index is 0.191. The molecule has 0 spiro atoms. The van der Waals surface area contributed by atoms with Gasteiger partial charge in [0.1, 0.15) is 35.3 Å². The Labute approximate surface area is 144 Å². The van der Waals surface area contributed by atoms with Crippen molar-refractivity contribution in [3.05, 3.63) is 29.4 Å². The molecule has 1 fully saturated rings. The van der Waals surface area contributed by atoms with E-state index in [2.05, 4.69) is 6.07 Å². The van der Waals surface area contributed by atoms with Gasteiger partial charge >= 0.3 is 0 Å². The molecule has 1 aromatic rings. The standard InChI is InChI=1S/C19H26NO4/c1-4-22-17-10-14(11-18(23-5-2)16(17)12-20)19(21)13(3)24-15-8-6-7-9-15/h10-11,15,19,21H,4-9H2,1-3H3/t19-/m0/s1. The van der Waals surface area contributed by atoms with Gasteiger partial charge in [-0.05, 0) is 51.3 Å². The zero-order valence-electron chi connectivity index (χ0n) is 14.7. The molecule has 1 N–H and O–H groups in total. The van der Waals surface area contributed by atoms with E-state index >= 15 is 0 Å². The molecule has 1 aliphatic rings. The van der Waals surface area contributed by atoms with Crippen LogP contribution in [0.15, 0.2) is 12.1 Å². The van der Waals surface area contributed by atoms with Crippen LogP contribution in [0.3, 0.4) is 0 Å². The molecule has 0 saturated heterocycles. The van der Waals surface area contributed by atoms with E-state index in [1.54, 1.807) is 19.1 Å². The molecule has 0 bridgehead atoms. The maximum atomic E-state index is 10.6. The third-order valence-corrected chi connectivity index (χ3v) is 4.16. The molecule has 1 saturated carbocycles. The highest BCUT2D eigenvalue weighted by Crippen LogP contribution is 2.37. The zero-order chi connectivity index (χ0) is 17.5. The van der Waals surface area contributed by atoms with Gasteiger partial charge in [0.25, 0.3) is 0 Å². The lowest BCUT2D eigenvalue weighted by Gasteiger charge is -2.23. The summed E-state index contributed by atoms with van der Waals surface area (Å²) in [6.45, 7) is 6.36. The van der Waals surface area contributed by atoms with Crippen LogP contribution >= 0.6 is 0 Å². The minimum Gasteiger partial charge on any atom is -0.492 e. The predicted octanol–water partition coefficient (Wildman–Crippen LogP) is 3.90. The molecule has 0 amide bonds. The monoisotopic (exact) mass is 332 g/mol. The Balaban J connectivity index is 2.25. The molecule has 0 aromatic heterocycles. The lowest BCUT2D eigenvalue weighted by Crippen LogP contribution is -2.17. The van der Waals surface area contributed by atoms with Crippen LogP contribution in [0.25, 0.3) is 0 Å². The summed E-state index contributed by atoms with van der Waals surface area (Å²) in [6, 6.07) is 5.50. The SMILES string of the molecule is CCOc1cc([C@@H](O)[C](C)OC2CCCC2)cc(OCC)c1C#N. The molecule has 5 nitrogen and oxygen atoms in total. The molecule has 5 heteroatoms. The number of ether oxygens (including phenoxy) is 3. The van der Waals surface area contributed by atoms with Gasteiger partial charge < -0.3 is 19.3 Å². The molecule has 0 aliphatic heterocycles. The summed E-state index contributed by atoms with van der Waals surface area (Å²) >= 11 is 0. The molecule has 24 heavy (non-hydrogen) atoms. The fourth-order valence-corrected chi connectivity index (χ4v) is 2.99. The van der Waals surface area contributed by atoms with Crippen molar-refractivity contribution in [1.82, 2.24) is 0 Å². The molecular weight excluding hydrogens is 306 g/mol. The molecular formula is C19H26NO4. The summed E-state index contributed by atoms with van der Waals surface area (Å²) < 4.78 is 17.0. The lowest BCUT2D eigenvalue weighted by atomic mass is 10.0. The quantitative estimate of drug-likeness (QED) is 0.781. The normalized spacial score (nSPS) is 16.2. The average Bonchev–Trinajstić information content (AvgIpc) is 3.07. The Morgan fingerprint density at radius 3 is 2.21 bits per heavy atom. The third kappa shape index (κ3) is 4.40. The van der Waals surface area contributed by atoms with Crippen LogP contribution in [0.2, 0.25) is 0 Å². The zero-order valence-corrected chi connectivity index (χ0v) is 14.7. The van der Waals surface area contributed by atoms with Crippen LogP contribution < -0.4 is 9.47 Å². The smallest absolute Gasteiger partial charge is 0.141 e. The van der Waals surface area contributed by atoms with E-state index in [9.17, 15) is 10.4 Å². The fraction of sp³-hybridized carbons (Fsp3) is 0.579. The Kier molecular flexibility index (Phi) is 6.89. The number of hydrogen-bond donors (Lipinski definition) is 1. The van der Waals surface area contributed by atoms with Crippen molar-refractivity contribution in [2.45, 2.75) is 58.7 Å². The second-order valence-corrected chi connectivity index (χ2v) is 5.91. The Morgan fingerprint density at radius 1 is 1.21 bits per heavy atom. The van der Waals surface area contributed by atoms with Crippen molar-refractivity contribution in [2.24, 2.45) is 0 Å². The van der Waals surface area contributed by atoms with Crippen molar-refractivity contribution >= 4 is 0 Å². The lowest BCUT2D eigenvalue weighted by molar-refractivity contribution is 0.00391. The second-order valence-electron chi connectivity index (χ2n) is 5.91. The average molecular weight is 332 g/mol. The van der Waals surface area contributed by atoms with E-state index in [1.807, 2.05) is 13.8 Å². The summed E-state index contributed by atoms with van der Waals surface area (Å²) in [5.74, 6) is 0.849. The van der Waals surface area contributed by atoms with Crippen molar-refractivity contribution < 1.29 is 19.3 Å². The maximum absolute atomic E-state index is 10.6. The van der Waals surface area contributed by atoms with Crippen molar-refractivity contribution in [3.8, 4) is 17.6 Å². The number of hydrogen-bond acceptors (Lipinski definition) is 5. The van der Waals surface area contributed by atoms with Crippen LogP contribution in [0, 0.1) is 17.4 Å². The number of aliphatic hydroxyl groups excluding tert-OH is 1. The first-order chi connectivity index (χ1) is 11.6. The second kappa shape index (κ2) is 8.91.